The van der Waals surface area contributed by atoms with Gasteiger partial charge in [0, 0.05) is 5.56 Å². The fourth-order valence-electron chi connectivity index (χ4n) is 1.97. The van der Waals surface area contributed by atoms with E-state index in [-0.39, 0.29) is 6.61 Å². The highest BCUT2D eigenvalue weighted by molar-refractivity contribution is 5.38. The number of halogens is 2. The summed E-state index contributed by atoms with van der Waals surface area (Å²) in [6, 6.07) is 11.2. The maximum absolute atomic E-state index is 13.8. The zero-order chi connectivity index (χ0) is 15.2. The van der Waals surface area contributed by atoms with E-state index >= 15 is 0 Å². The van der Waals surface area contributed by atoms with E-state index in [0.717, 1.165) is 0 Å². The smallest absolute Gasteiger partial charge is 0.191 e. The summed E-state index contributed by atoms with van der Waals surface area (Å²) in [4.78, 5) is 0. The zero-order valence-corrected chi connectivity index (χ0v) is 11.3. The molecule has 0 aliphatic carbocycles. The van der Waals surface area contributed by atoms with Gasteiger partial charge < -0.3 is 10.5 Å². The average Bonchev–Trinajstić information content (AvgIpc) is 2.47. The average molecular weight is 288 g/mol. The predicted octanol–water partition coefficient (Wildman–Crippen LogP) is 2.92. The summed E-state index contributed by atoms with van der Waals surface area (Å²) in [6.45, 7) is 0.239. The van der Waals surface area contributed by atoms with Crippen molar-refractivity contribution in [3.8, 4) is 11.8 Å². The van der Waals surface area contributed by atoms with Crippen LogP contribution in [0.15, 0.2) is 36.4 Å². The molecule has 0 aliphatic heterocycles. The van der Waals surface area contributed by atoms with E-state index in [1.165, 1.54) is 12.1 Å². The third kappa shape index (κ3) is 3.56. The van der Waals surface area contributed by atoms with E-state index < -0.39 is 17.4 Å². The molecule has 3 nitrogen and oxygen atoms in total. The van der Waals surface area contributed by atoms with Crippen LogP contribution in [0.5, 0.6) is 5.75 Å². The predicted molar refractivity (Wildman–Crippen MR) is 74.6 cm³/mol. The van der Waals surface area contributed by atoms with Crippen LogP contribution >= 0.6 is 0 Å². The maximum Gasteiger partial charge on any atom is 0.191 e. The van der Waals surface area contributed by atoms with Crippen LogP contribution in [0.25, 0.3) is 0 Å². The van der Waals surface area contributed by atoms with Gasteiger partial charge in [-0.3, -0.25) is 0 Å². The number of benzene rings is 2. The lowest BCUT2D eigenvalue weighted by Crippen LogP contribution is -2.06. The fourth-order valence-corrected chi connectivity index (χ4v) is 1.97. The lowest BCUT2D eigenvalue weighted by atomic mass is 10.1. The highest BCUT2D eigenvalue weighted by Gasteiger charge is 2.13. The molecule has 2 aromatic carbocycles. The van der Waals surface area contributed by atoms with Gasteiger partial charge in [-0.1, -0.05) is 18.2 Å². The lowest BCUT2D eigenvalue weighted by molar-refractivity contribution is 0.273. The van der Waals surface area contributed by atoms with Crippen LogP contribution in [0.3, 0.4) is 0 Å². The van der Waals surface area contributed by atoms with Crippen molar-refractivity contribution < 1.29 is 13.5 Å². The highest BCUT2D eigenvalue weighted by atomic mass is 19.1. The molecule has 0 amide bonds. The Balaban J connectivity index is 2.19. The molecule has 2 aromatic rings. The summed E-state index contributed by atoms with van der Waals surface area (Å²) >= 11 is 0. The Hall–Kier alpha value is -2.45. The first kappa shape index (κ1) is 14.9. The maximum atomic E-state index is 13.8. The van der Waals surface area contributed by atoms with Gasteiger partial charge in [-0.25, -0.2) is 8.78 Å². The largest absolute Gasteiger partial charge is 0.483 e. The topological polar surface area (TPSA) is 59.0 Å². The third-order valence-electron chi connectivity index (χ3n) is 3.00. The zero-order valence-electron chi connectivity index (χ0n) is 11.3. The number of ether oxygens (including phenoxy) is 1. The van der Waals surface area contributed by atoms with E-state index in [1.807, 2.05) is 6.07 Å². The second-order valence-corrected chi connectivity index (χ2v) is 4.48. The van der Waals surface area contributed by atoms with E-state index in [9.17, 15) is 8.78 Å². The van der Waals surface area contributed by atoms with E-state index in [0.29, 0.717) is 29.7 Å². The Labute approximate surface area is 121 Å². The van der Waals surface area contributed by atoms with E-state index in [1.54, 1.807) is 24.3 Å². The van der Waals surface area contributed by atoms with Gasteiger partial charge in [-0.2, -0.15) is 5.26 Å². The monoisotopic (exact) mass is 288 g/mol. The summed E-state index contributed by atoms with van der Waals surface area (Å²) < 4.78 is 32.9. The van der Waals surface area contributed by atoms with Gasteiger partial charge in [-0.15, -0.1) is 0 Å². The minimum Gasteiger partial charge on any atom is -0.483 e. The molecule has 0 radical (unpaired) electrons. The molecule has 0 atom stereocenters. The van der Waals surface area contributed by atoms with Gasteiger partial charge in [0.15, 0.2) is 17.4 Å². The first-order chi connectivity index (χ1) is 10.2. The molecule has 0 saturated heterocycles. The third-order valence-corrected chi connectivity index (χ3v) is 3.00. The van der Waals surface area contributed by atoms with Crippen molar-refractivity contribution in [3.05, 3.63) is 64.7 Å². The molecule has 2 rings (SSSR count). The Bertz CT molecular complexity index is 657. The minimum absolute atomic E-state index is 0.0756. The molecule has 0 fully saturated rings. The van der Waals surface area contributed by atoms with Crippen molar-refractivity contribution in [1.82, 2.24) is 0 Å². The molecule has 2 N–H and O–H groups in total. The molecule has 0 aromatic heterocycles. The molecular weight excluding hydrogens is 274 g/mol. The van der Waals surface area contributed by atoms with Crippen LogP contribution in [-0.4, -0.2) is 6.54 Å². The minimum atomic E-state index is -0.770. The quantitative estimate of drug-likeness (QED) is 0.920. The van der Waals surface area contributed by atoms with E-state index in [2.05, 4.69) is 0 Å². The molecule has 5 heteroatoms. The van der Waals surface area contributed by atoms with Gasteiger partial charge in [0.25, 0.3) is 0 Å². The van der Waals surface area contributed by atoms with Crippen LogP contribution < -0.4 is 10.5 Å². The van der Waals surface area contributed by atoms with Crippen molar-refractivity contribution in [3.63, 3.8) is 0 Å². The second kappa shape index (κ2) is 6.82. The normalized spacial score (nSPS) is 10.2. The highest BCUT2D eigenvalue weighted by Crippen LogP contribution is 2.25. The Kier molecular flexibility index (Phi) is 4.85. The van der Waals surface area contributed by atoms with Gasteiger partial charge in [0.1, 0.15) is 6.61 Å². The van der Waals surface area contributed by atoms with Gasteiger partial charge in [0.05, 0.1) is 11.6 Å². The molecule has 0 aliphatic rings. The second-order valence-electron chi connectivity index (χ2n) is 4.48. The number of nitrogens with two attached hydrogens (primary N) is 1. The molecule has 0 spiro atoms. The molecular formula is C16H14F2N2O. The first-order valence-electron chi connectivity index (χ1n) is 6.44. The van der Waals surface area contributed by atoms with Gasteiger partial charge in [0.2, 0.25) is 0 Å². The summed E-state index contributed by atoms with van der Waals surface area (Å²) in [5.74, 6) is -1.98. The number of nitriles is 1. The molecule has 0 bridgehead atoms. The summed E-state index contributed by atoms with van der Waals surface area (Å²) in [5, 5.41) is 8.95. The summed E-state index contributed by atoms with van der Waals surface area (Å²) in [7, 11) is 0. The van der Waals surface area contributed by atoms with E-state index in [4.69, 9.17) is 15.7 Å². The van der Waals surface area contributed by atoms with Crippen LogP contribution in [-0.2, 0) is 13.0 Å². The summed E-state index contributed by atoms with van der Waals surface area (Å²) in [5.41, 5.74) is 6.83. The molecule has 0 unspecified atom stereocenters. The number of nitrogens with zero attached hydrogens (tertiary/aromatic N) is 1. The lowest BCUT2D eigenvalue weighted by Gasteiger charge is -2.11. The molecule has 0 heterocycles. The molecule has 0 saturated carbocycles. The Morgan fingerprint density at radius 2 is 1.81 bits per heavy atom. The van der Waals surface area contributed by atoms with Crippen molar-refractivity contribution >= 4 is 0 Å². The number of hydrogen-bond acceptors (Lipinski definition) is 3. The van der Waals surface area contributed by atoms with Crippen molar-refractivity contribution in [2.75, 3.05) is 6.54 Å². The molecule has 108 valence electrons. The first-order valence-corrected chi connectivity index (χ1v) is 6.44. The Morgan fingerprint density at radius 3 is 2.43 bits per heavy atom. The molecule has 21 heavy (non-hydrogen) atoms. The fraction of sp³-hybridized carbons (Fsp3) is 0.188. The van der Waals surface area contributed by atoms with Crippen molar-refractivity contribution in [2.24, 2.45) is 5.73 Å². The number of hydrogen-bond donors (Lipinski definition) is 1. The Morgan fingerprint density at radius 1 is 1.14 bits per heavy atom. The van der Waals surface area contributed by atoms with Crippen LogP contribution in [0, 0.1) is 23.0 Å². The van der Waals surface area contributed by atoms with Crippen LogP contribution in [0.1, 0.15) is 16.7 Å². The number of rotatable bonds is 5. The van der Waals surface area contributed by atoms with Crippen molar-refractivity contribution in [2.45, 2.75) is 13.0 Å². The van der Waals surface area contributed by atoms with Crippen LogP contribution in [0.4, 0.5) is 8.78 Å². The standard InChI is InChI=1S/C16H14F2N2O/c17-14-7-11(5-6-19)8-15(18)16(14)21-10-13-4-2-1-3-12(13)9-20/h1-4,7-8H,5-6,10,19H2. The SMILES string of the molecule is N#Cc1ccccc1COc1c(F)cc(CCN)cc1F. The van der Waals surface area contributed by atoms with Gasteiger partial charge >= 0.3 is 0 Å². The van der Waals surface area contributed by atoms with Crippen molar-refractivity contribution in [1.29, 1.82) is 5.26 Å². The summed E-state index contributed by atoms with van der Waals surface area (Å²) in [6.07, 6.45) is 0.394. The van der Waals surface area contributed by atoms with Crippen LogP contribution in [0.2, 0.25) is 0 Å². The van der Waals surface area contributed by atoms with Gasteiger partial charge in [-0.05, 0) is 36.7 Å².